The summed E-state index contributed by atoms with van der Waals surface area (Å²) in [4.78, 5) is 30.0. The first kappa shape index (κ1) is 21.1. The molecule has 7 nitrogen and oxygen atoms in total. The Morgan fingerprint density at radius 3 is 2.83 bits per heavy atom. The Kier molecular flexibility index (Phi) is 5.78. The lowest BCUT2D eigenvalue weighted by Crippen LogP contribution is -2.49. The fourth-order valence-electron chi connectivity index (χ4n) is 3.94. The summed E-state index contributed by atoms with van der Waals surface area (Å²) in [6, 6.07) is 8.62. The Balaban J connectivity index is 1.61. The number of likely N-dealkylation sites (N-methyl/N-ethyl adjacent to an activating group) is 1. The largest absolute Gasteiger partial charge is 0.382 e. The van der Waals surface area contributed by atoms with Gasteiger partial charge in [0, 0.05) is 13.6 Å². The summed E-state index contributed by atoms with van der Waals surface area (Å²) < 4.78 is 1.26. The van der Waals surface area contributed by atoms with E-state index in [1.807, 2.05) is 24.3 Å². The first-order chi connectivity index (χ1) is 14.3. The summed E-state index contributed by atoms with van der Waals surface area (Å²) >= 11 is 13.5. The van der Waals surface area contributed by atoms with Gasteiger partial charge in [-0.25, -0.2) is 0 Å². The summed E-state index contributed by atoms with van der Waals surface area (Å²) in [6.07, 6.45) is -0.730. The van der Waals surface area contributed by atoms with Gasteiger partial charge in [0.25, 0.3) is 11.8 Å². The molecule has 30 heavy (non-hydrogen) atoms. The van der Waals surface area contributed by atoms with Gasteiger partial charge in [-0.05, 0) is 23.6 Å². The number of fused-ring (bicyclic) bond motifs is 2. The summed E-state index contributed by atoms with van der Waals surface area (Å²) in [5, 5.41) is 13.3. The Hall–Kier alpha value is -2.10. The van der Waals surface area contributed by atoms with Crippen molar-refractivity contribution in [2.24, 2.45) is 5.73 Å². The van der Waals surface area contributed by atoms with Crippen molar-refractivity contribution in [3.8, 4) is 0 Å². The Morgan fingerprint density at radius 1 is 1.40 bits per heavy atom. The predicted molar refractivity (Wildman–Crippen MR) is 118 cm³/mol. The number of nitrogens with zero attached hydrogens (tertiary/aromatic N) is 1. The fourth-order valence-corrected chi connectivity index (χ4v) is 5.42. The van der Waals surface area contributed by atoms with Crippen LogP contribution in [0.1, 0.15) is 27.7 Å². The summed E-state index contributed by atoms with van der Waals surface area (Å²) in [7, 11) is 1.61. The molecule has 3 aromatic rings. The number of carbonyl (C=O) groups excluding carboxylic acids is 2. The second-order valence-corrected chi connectivity index (χ2v) is 9.27. The van der Waals surface area contributed by atoms with Crippen molar-refractivity contribution < 1.29 is 14.7 Å². The molecule has 3 atom stereocenters. The van der Waals surface area contributed by atoms with Crippen LogP contribution in [0, 0.1) is 0 Å². The Morgan fingerprint density at radius 2 is 2.13 bits per heavy atom. The summed E-state index contributed by atoms with van der Waals surface area (Å²) in [6.45, 7) is -0.170. The van der Waals surface area contributed by atoms with Gasteiger partial charge in [0.1, 0.15) is 16.1 Å². The lowest BCUT2D eigenvalue weighted by Gasteiger charge is -2.32. The number of aliphatic hydroxyl groups is 1. The average Bonchev–Trinajstić information content (AvgIpc) is 3.39. The molecule has 0 bridgehead atoms. The minimum Gasteiger partial charge on any atom is -0.382 e. The van der Waals surface area contributed by atoms with Crippen molar-refractivity contribution in [2.45, 2.75) is 24.6 Å². The number of halogens is 2. The van der Waals surface area contributed by atoms with E-state index in [0.717, 1.165) is 15.8 Å². The molecule has 158 valence electrons. The second-order valence-electron chi connectivity index (χ2n) is 7.24. The number of nitrogens with two attached hydrogens (primary N) is 1. The van der Waals surface area contributed by atoms with Gasteiger partial charge in [-0.2, -0.15) is 0 Å². The molecule has 0 saturated heterocycles. The molecule has 0 unspecified atom stereocenters. The molecule has 4 rings (SSSR count). The number of benzene rings is 1. The lowest BCUT2D eigenvalue weighted by atomic mass is 10.0. The van der Waals surface area contributed by atoms with Crippen molar-refractivity contribution >= 4 is 56.6 Å². The van der Waals surface area contributed by atoms with Crippen LogP contribution in [0.3, 0.4) is 0 Å². The van der Waals surface area contributed by atoms with Crippen LogP contribution in [0.15, 0.2) is 30.3 Å². The molecule has 1 aromatic carbocycles. The van der Waals surface area contributed by atoms with Gasteiger partial charge in [0.05, 0.1) is 27.3 Å². The van der Waals surface area contributed by atoms with Gasteiger partial charge in [0.2, 0.25) is 0 Å². The maximum Gasteiger partial charge on any atom is 0.268 e. The van der Waals surface area contributed by atoms with Gasteiger partial charge in [-0.3, -0.25) is 9.59 Å². The van der Waals surface area contributed by atoms with Gasteiger partial charge in [0.15, 0.2) is 0 Å². The zero-order valence-corrected chi connectivity index (χ0v) is 18.3. The molecule has 2 amide bonds. The van der Waals surface area contributed by atoms with E-state index in [9.17, 15) is 14.7 Å². The van der Waals surface area contributed by atoms with E-state index in [2.05, 4.69) is 10.3 Å². The highest BCUT2D eigenvalue weighted by Crippen LogP contribution is 2.39. The van der Waals surface area contributed by atoms with Crippen LogP contribution >= 0.6 is 34.5 Å². The zero-order valence-electron chi connectivity index (χ0n) is 16.0. The molecule has 0 saturated carbocycles. The number of carbonyl (C=O) groups is 2. The van der Waals surface area contributed by atoms with Gasteiger partial charge in [-0.15, -0.1) is 11.3 Å². The fraction of sp³-hybridized carbons (Fsp3) is 0.300. The number of hydrogen-bond donors (Lipinski definition) is 4. The quantitative estimate of drug-likeness (QED) is 0.462. The van der Waals surface area contributed by atoms with E-state index in [0.29, 0.717) is 27.0 Å². The molecule has 0 spiro atoms. The third kappa shape index (κ3) is 3.59. The molecule has 1 aliphatic carbocycles. The van der Waals surface area contributed by atoms with E-state index in [4.69, 9.17) is 28.9 Å². The molecule has 1 aliphatic rings. The molecule has 10 heteroatoms. The molecular formula is C20H20Cl2N4O3S. The number of aliphatic hydroxyl groups excluding tert-OH is 1. The summed E-state index contributed by atoms with van der Waals surface area (Å²) in [5.41, 5.74) is 8.42. The third-order valence-corrected chi connectivity index (χ3v) is 7.33. The first-order valence-corrected chi connectivity index (χ1v) is 10.9. The molecule has 2 heterocycles. The highest BCUT2D eigenvalue weighted by atomic mass is 35.5. The average molecular weight is 467 g/mol. The van der Waals surface area contributed by atoms with Crippen molar-refractivity contribution in [3.05, 3.63) is 56.5 Å². The van der Waals surface area contributed by atoms with Crippen LogP contribution in [0.4, 0.5) is 0 Å². The number of aromatic nitrogens is 1. The van der Waals surface area contributed by atoms with Crippen LogP contribution in [0.2, 0.25) is 9.36 Å². The number of rotatable bonds is 5. The predicted octanol–water partition coefficient (Wildman–Crippen LogP) is 2.71. The lowest BCUT2D eigenvalue weighted by molar-refractivity contribution is -0.141. The van der Waals surface area contributed by atoms with Gasteiger partial charge in [-0.1, -0.05) is 47.5 Å². The highest BCUT2D eigenvalue weighted by Gasteiger charge is 2.39. The van der Waals surface area contributed by atoms with Crippen molar-refractivity contribution in [1.82, 2.24) is 15.2 Å². The van der Waals surface area contributed by atoms with Gasteiger partial charge >= 0.3 is 0 Å². The molecule has 0 fully saturated rings. The summed E-state index contributed by atoms with van der Waals surface area (Å²) in [5.74, 6) is -0.797. The van der Waals surface area contributed by atoms with E-state index in [1.54, 1.807) is 13.1 Å². The Labute approximate surface area is 186 Å². The number of hydrogen-bond acceptors (Lipinski definition) is 5. The second kappa shape index (κ2) is 8.20. The van der Waals surface area contributed by atoms with Crippen molar-refractivity contribution in [3.63, 3.8) is 0 Å². The number of nitrogens with one attached hydrogen (secondary N) is 2. The minimum atomic E-state index is -1.29. The maximum atomic E-state index is 13.0. The molecule has 2 aromatic heterocycles. The van der Waals surface area contributed by atoms with Crippen LogP contribution in [-0.4, -0.2) is 52.5 Å². The number of H-pyrrole nitrogens is 1. The first-order valence-electron chi connectivity index (χ1n) is 9.31. The molecule has 0 radical (unpaired) electrons. The topological polar surface area (TPSA) is 111 Å². The zero-order chi connectivity index (χ0) is 21.6. The van der Waals surface area contributed by atoms with Crippen LogP contribution in [0.25, 0.3) is 10.2 Å². The Bertz CT molecular complexity index is 1130. The van der Waals surface area contributed by atoms with Crippen molar-refractivity contribution in [2.75, 3.05) is 13.6 Å². The van der Waals surface area contributed by atoms with Crippen LogP contribution in [0.5, 0.6) is 0 Å². The van der Waals surface area contributed by atoms with E-state index in [-0.39, 0.29) is 18.5 Å². The highest BCUT2D eigenvalue weighted by molar-refractivity contribution is 7.23. The monoisotopic (exact) mass is 466 g/mol. The third-order valence-electron chi connectivity index (χ3n) is 5.40. The van der Waals surface area contributed by atoms with E-state index >= 15 is 0 Å². The van der Waals surface area contributed by atoms with Gasteiger partial charge < -0.3 is 26.0 Å². The molecule has 0 aliphatic heterocycles. The van der Waals surface area contributed by atoms with Crippen LogP contribution in [-0.2, 0) is 11.2 Å². The number of aromatic amines is 1. The van der Waals surface area contributed by atoms with E-state index < -0.39 is 18.1 Å². The molecule has 5 N–H and O–H groups in total. The normalized spacial score (nSPS) is 19.0. The number of amides is 2. The van der Waals surface area contributed by atoms with Crippen molar-refractivity contribution in [1.29, 1.82) is 0 Å². The maximum absolute atomic E-state index is 13.0. The molecular weight excluding hydrogens is 447 g/mol. The standard InChI is InChI=1S/C20H20Cl2N4O3S/c1-26(20(29)13(27)8-23)17-10-5-3-2-4-9(10)6-11(17)25-19(28)12-7-14-16(24-12)15(21)18(22)30-14/h2-5,7,11,13,17,24,27H,6,8,23H2,1H3,(H,25,28)/t11-,13+,17+/m1/s1. The minimum absolute atomic E-state index is 0.170. The number of thiophene rings is 1. The van der Waals surface area contributed by atoms with Crippen LogP contribution < -0.4 is 11.1 Å². The smallest absolute Gasteiger partial charge is 0.268 e. The van der Waals surface area contributed by atoms with E-state index in [1.165, 1.54) is 16.2 Å². The SMILES string of the molecule is CN(C(=O)[C@@H](O)CN)[C@H]1c2ccccc2C[C@H]1NC(=O)c1cc2sc(Cl)c(Cl)c2[nH]1.